The van der Waals surface area contributed by atoms with Crippen molar-refractivity contribution in [2.75, 3.05) is 19.0 Å². The second-order valence-electron chi connectivity index (χ2n) is 11.4. The Kier molecular flexibility index (Phi) is 9.63. The molecular formula is C33H36ClIN2O4. The highest BCUT2D eigenvalue weighted by atomic mass is 127. The van der Waals surface area contributed by atoms with Gasteiger partial charge in [-0.15, -0.1) is 0 Å². The molecule has 8 heteroatoms. The highest BCUT2D eigenvalue weighted by Crippen LogP contribution is 2.47. The molecule has 41 heavy (non-hydrogen) atoms. The second-order valence-corrected chi connectivity index (χ2v) is 12.7. The Morgan fingerprint density at radius 2 is 1.66 bits per heavy atom. The van der Waals surface area contributed by atoms with Crippen molar-refractivity contribution in [2.45, 2.75) is 57.8 Å². The number of fused-ring (bicyclic) bond motifs is 2. The quantitative estimate of drug-likeness (QED) is 0.108. The van der Waals surface area contributed by atoms with Gasteiger partial charge in [0.25, 0.3) is 0 Å². The number of likely N-dealkylation sites (N-methyl/N-ethyl adjacent to an activating group) is 1. The van der Waals surface area contributed by atoms with E-state index in [1.54, 1.807) is 0 Å². The van der Waals surface area contributed by atoms with Crippen LogP contribution in [0.25, 0.3) is 0 Å². The van der Waals surface area contributed by atoms with Gasteiger partial charge in [-0.1, -0.05) is 74.0 Å². The molecule has 0 spiro atoms. The van der Waals surface area contributed by atoms with Crippen molar-refractivity contribution >= 4 is 55.3 Å². The first-order chi connectivity index (χ1) is 19.4. The van der Waals surface area contributed by atoms with Crippen molar-refractivity contribution in [3.8, 4) is 0 Å². The topological polar surface area (TPSA) is 64.8 Å². The minimum Gasteiger partial charge on any atom is -0.681 e. The summed E-state index contributed by atoms with van der Waals surface area (Å²) in [7, 11) is 4.33. The van der Waals surface area contributed by atoms with E-state index in [0.717, 1.165) is 24.3 Å². The molecule has 0 aromatic heterocycles. The molecule has 2 heterocycles. The van der Waals surface area contributed by atoms with Crippen LogP contribution in [0.1, 0.15) is 58.1 Å². The average molecular weight is 687 g/mol. The Balaban J connectivity index is 0.000000585. The average Bonchev–Trinajstić information content (AvgIpc) is 3.25. The third kappa shape index (κ3) is 6.23. The number of rotatable bonds is 4. The Morgan fingerprint density at radius 1 is 1.00 bits per heavy atom. The minimum absolute atomic E-state index is 0.0275. The summed E-state index contributed by atoms with van der Waals surface area (Å²) in [6, 6.07) is 17.4. The zero-order chi connectivity index (χ0) is 29.9. The van der Waals surface area contributed by atoms with Crippen LogP contribution in [-0.2, 0) is 20.8 Å². The summed E-state index contributed by atoms with van der Waals surface area (Å²) in [5.74, 6) is 0. The van der Waals surface area contributed by atoms with Gasteiger partial charge in [0.1, 0.15) is 7.05 Å². The standard InChI is InChI=1S/C32H36ClN2.CHIO4/c1-31(2)24-14-7-9-16-26(24)34(5)28(31)20-18-22-12-11-13-23(30(22)33)19-21-29-32(3,4)25-15-8-10-17-27(25)35(29)6;2-1(3)5-6-4/h7-10,14-21H,11-13H2,1-6H3;4H/q+1;/p-1. The predicted molar refractivity (Wildman–Crippen MR) is 172 cm³/mol. The molecule has 0 amide bonds. The molecular weight excluding hydrogens is 651 g/mol. The van der Waals surface area contributed by atoms with E-state index in [4.69, 9.17) is 16.9 Å². The van der Waals surface area contributed by atoms with E-state index in [2.05, 4.69) is 134 Å². The van der Waals surface area contributed by atoms with Gasteiger partial charge in [0, 0.05) is 46.6 Å². The fraction of sp³-hybridized carbons (Fsp3) is 0.333. The molecule has 0 N–H and O–H groups in total. The SMILES string of the molecule is CN1C(=CC=C2CCCC(C=CC3=[N+](C)c4ccccc4C3(C)C)=C2Cl)C(C)(C)c2ccccc21.O=C(I)OO[O-]. The number of hydrogen-bond acceptors (Lipinski definition) is 5. The second kappa shape index (κ2) is 12.7. The monoisotopic (exact) mass is 686 g/mol. The fourth-order valence-corrected chi connectivity index (χ4v) is 6.59. The first-order valence-electron chi connectivity index (χ1n) is 13.6. The smallest absolute Gasteiger partial charge is 0.399 e. The Labute approximate surface area is 261 Å². The molecule has 0 atom stereocenters. The van der Waals surface area contributed by atoms with Crippen molar-refractivity contribution in [1.29, 1.82) is 0 Å². The van der Waals surface area contributed by atoms with Gasteiger partial charge < -0.3 is 10.2 Å². The van der Waals surface area contributed by atoms with Gasteiger partial charge in [0.15, 0.2) is 5.71 Å². The lowest BCUT2D eigenvalue weighted by molar-refractivity contribution is -0.784. The summed E-state index contributed by atoms with van der Waals surface area (Å²) in [5.41, 5.74) is 10.4. The van der Waals surface area contributed by atoms with Gasteiger partial charge in [0.05, 0.1) is 28.0 Å². The first-order valence-corrected chi connectivity index (χ1v) is 15.0. The minimum atomic E-state index is -0.775. The molecule has 2 aliphatic heterocycles. The van der Waals surface area contributed by atoms with Crippen LogP contribution in [0.3, 0.4) is 0 Å². The van der Waals surface area contributed by atoms with Crippen LogP contribution in [0.5, 0.6) is 0 Å². The van der Waals surface area contributed by atoms with Crippen molar-refractivity contribution in [3.05, 3.63) is 106 Å². The lowest BCUT2D eigenvalue weighted by atomic mass is 9.81. The third-order valence-corrected chi connectivity index (χ3v) is 8.99. The molecule has 2 aromatic rings. The van der Waals surface area contributed by atoms with E-state index in [0.29, 0.717) is 0 Å². The normalized spacial score (nSPS) is 20.9. The van der Waals surface area contributed by atoms with Crippen LogP contribution in [-0.4, -0.2) is 28.4 Å². The van der Waals surface area contributed by atoms with Crippen molar-refractivity contribution < 1.29 is 24.6 Å². The predicted octanol–water partition coefficient (Wildman–Crippen LogP) is 7.93. The number of carbonyl (C=O) groups is 1. The lowest BCUT2D eigenvalue weighted by Crippen LogP contribution is -2.26. The molecule has 216 valence electrons. The molecule has 6 nitrogen and oxygen atoms in total. The van der Waals surface area contributed by atoms with Gasteiger partial charge >= 0.3 is 3.98 Å². The van der Waals surface area contributed by atoms with Crippen LogP contribution < -0.4 is 10.2 Å². The number of halogens is 2. The van der Waals surface area contributed by atoms with Crippen LogP contribution in [0.15, 0.2) is 94.7 Å². The van der Waals surface area contributed by atoms with Crippen molar-refractivity contribution in [2.24, 2.45) is 0 Å². The zero-order valence-corrected chi connectivity index (χ0v) is 27.2. The lowest BCUT2D eigenvalue weighted by Gasteiger charge is -2.24. The van der Waals surface area contributed by atoms with E-state index < -0.39 is 3.98 Å². The number of anilines is 1. The number of nitrogens with zero attached hydrogens (tertiary/aromatic N) is 2. The maximum atomic E-state index is 9.48. The molecule has 0 saturated carbocycles. The molecule has 0 radical (unpaired) electrons. The Morgan fingerprint density at radius 3 is 2.27 bits per heavy atom. The van der Waals surface area contributed by atoms with Gasteiger partial charge in [-0.3, -0.25) is 4.89 Å². The Hall–Kier alpha value is -2.72. The molecule has 2 aromatic carbocycles. The molecule has 0 fully saturated rings. The fourth-order valence-electron chi connectivity index (χ4n) is 6.20. The van der Waals surface area contributed by atoms with Crippen molar-refractivity contribution in [3.63, 3.8) is 0 Å². The summed E-state index contributed by atoms with van der Waals surface area (Å²) in [4.78, 5) is 15.1. The number of benzene rings is 2. The van der Waals surface area contributed by atoms with E-state index in [1.165, 1.54) is 67.6 Å². The molecule has 0 unspecified atom stereocenters. The van der Waals surface area contributed by atoms with E-state index in [-0.39, 0.29) is 10.8 Å². The van der Waals surface area contributed by atoms with Gasteiger partial charge in [0.2, 0.25) is 5.69 Å². The summed E-state index contributed by atoms with van der Waals surface area (Å²) < 4.78 is 1.54. The first kappa shape index (κ1) is 31.2. The summed E-state index contributed by atoms with van der Waals surface area (Å²) >= 11 is 8.26. The van der Waals surface area contributed by atoms with Gasteiger partial charge in [-0.05, 0) is 62.0 Å². The number of para-hydroxylation sites is 2. The Bertz CT molecular complexity index is 1500. The number of carbonyl (C=O) groups excluding carboxylic acids is 1. The number of allylic oxidation sites excluding steroid dienone is 8. The van der Waals surface area contributed by atoms with E-state index in [9.17, 15) is 4.79 Å². The van der Waals surface area contributed by atoms with Crippen LogP contribution in [0.2, 0.25) is 0 Å². The summed E-state index contributed by atoms with van der Waals surface area (Å²) in [5, 5.41) is 12.4. The van der Waals surface area contributed by atoms with Crippen LogP contribution in [0.4, 0.5) is 16.2 Å². The largest absolute Gasteiger partial charge is 0.681 e. The highest BCUT2D eigenvalue weighted by molar-refractivity contribution is 14.1. The molecule has 3 aliphatic rings. The molecule has 0 saturated heterocycles. The molecule has 1 aliphatic carbocycles. The van der Waals surface area contributed by atoms with Gasteiger partial charge in [-0.25, -0.2) is 9.83 Å². The summed E-state index contributed by atoms with van der Waals surface area (Å²) in [6.45, 7) is 9.23. The third-order valence-electron chi connectivity index (χ3n) is 8.32. The van der Waals surface area contributed by atoms with Crippen molar-refractivity contribution in [1.82, 2.24) is 0 Å². The molecule has 0 bridgehead atoms. The van der Waals surface area contributed by atoms with Crippen LogP contribution >= 0.6 is 34.2 Å². The molecule has 5 rings (SSSR count). The highest BCUT2D eigenvalue weighted by Gasteiger charge is 2.42. The maximum absolute atomic E-state index is 9.48. The zero-order valence-electron chi connectivity index (χ0n) is 24.3. The summed E-state index contributed by atoms with van der Waals surface area (Å²) in [6.07, 6.45) is 12.2. The maximum Gasteiger partial charge on any atom is 0.399 e. The van der Waals surface area contributed by atoms with E-state index in [1.807, 2.05) is 0 Å². The number of hydrogen-bond donors (Lipinski definition) is 0. The van der Waals surface area contributed by atoms with Gasteiger partial charge in [-0.2, -0.15) is 4.58 Å². The van der Waals surface area contributed by atoms with Crippen LogP contribution in [0, 0.1) is 0 Å². The van der Waals surface area contributed by atoms with E-state index >= 15 is 0 Å².